The van der Waals surface area contributed by atoms with E-state index in [2.05, 4.69) is 161 Å². The molecule has 5 aromatic rings. The summed E-state index contributed by atoms with van der Waals surface area (Å²) >= 11 is 0. The Morgan fingerprint density at radius 3 is 1.84 bits per heavy atom. The molecule has 0 aromatic heterocycles. The highest BCUT2D eigenvalue weighted by atomic mass is 15.2. The third-order valence-electron chi connectivity index (χ3n) is 9.56. The van der Waals surface area contributed by atoms with Gasteiger partial charge >= 0.3 is 0 Å². The van der Waals surface area contributed by atoms with Crippen molar-refractivity contribution >= 4 is 28.4 Å². The fourth-order valence-electron chi connectivity index (χ4n) is 7.39. The lowest BCUT2D eigenvalue weighted by molar-refractivity contribution is 0.723. The van der Waals surface area contributed by atoms with Crippen LogP contribution < -0.4 is 9.80 Å². The molecule has 1 heterocycles. The molecule has 2 unspecified atom stereocenters. The molecule has 0 amide bonds. The van der Waals surface area contributed by atoms with Gasteiger partial charge in [-0.25, -0.2) is 0 Å². The van der Waals surface area contributed by atoms with Crippen LogP contribution in [0.25, 0.3) is 11.1 Å². The average Bonchev–Trinajstić information content (AvgIpc) is 3.74. The predicted octanol–water partition coefficient (Wildman–Crippen LogP) is 11.2. The zero-order chi connectivity index (χ0) is 28.6. The van der Waals surface area contributed by atoms with Gasteiger partial charge in [0.15, 0.2) is 0 Å². The number of anilines is 5. The maximum Gasteiger partial charge on any atom is 0.0629 e. The second kappa shape index (κ2) is 11.1. The molecule has 0 N–H and O–H groups in total. The van der Waals surface area contributed by atoms with Crippen LogP contribution >= 0.6 is 0 Å². The number of allylic oxidation sites excluding steroid dienone is 2. The lowest BCUT2D eigenvalue weighted by Gasteiger charge is -2.30. The van der Waals surface area contributed by atoms with Gasteiger partial charge in [0.05, 0.1) is 6.04 Å². The third-order valence-corrected chi connectivity index (χ3v) is 9.56. The van der Waals surface area contributed by atoms with Crippen LogP contribution in [0.4, 0.5) is 28.4 Å². The van der Waals surface area contributed by atoms with E-state index in [1.54, 1.807) is 0 Å². The largest absolute Gasteiger partial charge is 0.333 e. The molecule has 2 aliphatic carbocycles. The Labute approximate surface area is 255 Å². The van der Waals surface area contributed by atoms with Crippen molar-refractivity contribution in [2.24, 2.45) is 0 Å². The van der Waals surface area contributed by atoms with Gasteiger partial charge in [-0.05, 0) is 95.6 Å². The Kier molecular flexibility index (Phi) is 6.68. The minimum atomic E-state index is 0.304. The van der Waals surface area contributed by atoms with Crippen molar-refractivity contribution in [2.75, 3.05) is 9.80 Å². The normalized spacial score (nSPS) is 18.9. The Balaban J connectivity index is 1.16. The van der Waals surface area contributed by atoms with Gasteiger partial charge in [0.25, 0.3) is 0 Å². The Morgan fingerprint density at radius 1 is 0.535 bits per heavy atom. The summed E-state index contributed by atoms with van der Waals surface area (Å²) in [6.45, 7) is 0. The Hall–Kier alpha value is -4.82. The van der Waals surface area contributed by atoms with Gasteiger partial charge in [-0.1, -0.05) is 110 Å². The van der Waals surface area contributed by atoms with Crippen molar-refractivity contribution in [1.29, 1.82) is 0 Å². The highest BCUT2D eigenvalue weighted by Gasteiger charge is 2.37. The number of benzene rings is 5. The molecular formula is C41H36N2. The van der Waals surface area contributed by atoms with Crippen LogP contribution in [0.5, 0.6) is 0 Å². The van der Waals surface area contributed by atoms with Gasteiger partial charge in [0.1, 0.15) is 0 Å². The van der Waals surface area contributed by atoms with Crippen LogP contribution in [0.2, 0.25) is 0 Å². The van der Waals surface area contributed by atoms with Crippen LogP contribution in [0.15, 0.2) is 152 Å². The van der Waals surface area contributed by atoms with E-state index in [1.807, 2.05) is 0 Å². The smallest absolute Gasteiger partial charge is 0.0629 e. The van der Waals surface area contributed by atoms with E-state index < -0.39 is 0 Å². The summed E-state index contributed by atoms with van der Waals surface area (Å²) in [6.07, 6.45) is 14.4. The number of fused-ring (bicyclic) bond motifs is 3. The SMILES string of the molecule is C1=CC2c3ccccc3N(c3ccc(N(c4ccc(-c5ccccc5)cc4)c4ccc(C5CCCC5)cc4)cc3)C2C=C1. The number of rotatable bonds is 6. The second-order valence-electron chi connectivity index (χ2n) is 12.1. The van der Waals surface area contributed by atoms with E-state index in [0.717, 1.165) is 11.4 Å². The first-order chi connectivity index (χ1) is 21.3. The maximum atomic E-state index is 2.50. The van der Waals surface area contributed by atoms with Crippen molar-refractivity contribution in [3.8, 4) is 11.1 Å². The minimum Gasteiger partial charge on any atom is -0.333 e. The lowest BCUT2D eigenvalue weighted by atomic mass is 9.91. The van der Waals surface area contributed by atoms with Gasteiger partial charge in [0, 0.05) is 34.4 Å². The molecular weight excluding hydrogens is 520 g/mol. The Bertz CT molecular complexity index is 1760. The fraction of sp³-hybridized carbons (Fsp3) is 0.171. The van der Waals surface area contributed by atoms with Crippen LogP contribution in [0.3, 0.4) is 0 Å². The molecule has 1 fully saturated rings. The molecule has 1 saturated carbocycles. The molecule has 2 nitrogen and oxygen atoms in total. The number of para-hydroxylation sites is 1. The standard InChI is InChI=1S/C41H36N2/c1-2-10-30(11-3-1)32-18-22-34(23-19-32)42(35-24-20-33(21-25-35)31-12-4-5-13-31)36-26-28-37(29-27-36)43-40-16-8-6-14-38(40)39-15-7-9-17-41(39)43/h1-3,6-11,14-29,31,38,40H,4-5,12-13H2. The molecule has 0 radical (unpaired) electrons. The van der Waals surface area contributed by atoms with E-state index in [0.29, 0.717) is 17.9 Å². The molecule has 3 aliphatic rings. The van der Waals surface area contributed by atoms with Gasteiger partial charge < -0.3 is 9.80 Å². The molecule has 0 saturated heterocycles. The van der Waals surface area contributed by atoms with Crippen molar-refractivity contribution in [2.45, 2.75) is 43.6 Å². The minimum absolute atomic E-state index is 0.304. The van der Waals surface area contributed by atoms with Gasteiger partial charge in [-0.15, -0.1) is 0 Å². The fourth-order valence-corrected chi connectivity index (χ4v) is 7.39. The van der Waals surface area contributed by atoms with E-state index in [-0.39, 0.29) is 0 Å². The van der Waals surface area contributed by atoms with Crippen molar-refractivity contribution in [3.05, 3.63) is 163 Å². The summed E-state index contributed by atoms with van der Waals surface area (Å²) in [5.74, 6) is 1.10. The summed E-state index contributed by atoms with van der Waals surface area (Å²) in [5.41, 5.74) is 11.4. The highest BCUT2D eigenvalue weighted by Crippen LogP contribution is 2.48. The third kappa shape index (κ3) is 4.77. The molecule has 8 rings (SSSR count). The quantitative estimate of drug-likeness (QED) is 0.205. The first kappa shape index (κ1) is 25.9. The summed E-state index contributed by atoms with van der Waals surface area (Å²) in [5, 5.41) is 0. The first-order valence-corrected chi connectivity index (χ1v) is 15.7. The average molecular weight is 557 g/mol. The summed E-state index contributed by atoms with van der Waals surface area (Å²) < 4.78 is 0. The number of hydrogen-bond acceptors (Lipinski definition) is 2. The molecule has 2 heteroatoms. The monoisotopic (exact) mass is 556 g/mol. The molecule has 1 aliphatic heterocycles. The van der Waals surface area contributed by atoms with Crippen LogP contribution in [0.1, 0.15) is 48.6 Å². The number of nitrogens with zero attached hydrogens (tertiary/aromatic N) is 2. The van der Waals surface area contributed by atoms with Gasteiger partial charge in [-0.3, -0.25) is 0 Å². The maximum absolute atomic E-state index is 2.50. The molecule has 0 spiro atoms. The Morgan fingerprint density at radius 2 is 1.12 bits per heavy atom. The summed E-state index contributed by atoms with van der Waals surface area (Å²) in [6, 6.07) is 47.2. The molecule has 5 aromatic carbocycles. The highest BCUT2D eigenvalue weighted by molar-refractivity contribution is 5.81. The van der Waals surface area contributed by atoms with Crippen molar-refractivity contribution in [3.63, 3.8) is 0 Å². The van der Waals surface area contributed by atoms with Gasteiger partial charge in [-0.2, -0.15) is 0 Å². The van der Waals surface area contributed by atoms with E-state index in [4.69, 9.17) is 0 Å². The van der Waals surface area contributed by atoms with Crippen LogP contribution in [0, 0.1) is 0 Å². The summed E-state index contributed by atoms with van der Waals surface area (Å²) in [4.78, 5) is 4.89. The summed E-state index contributed by atoms with van der Waals surface area (Å²) in [7, 11) is 0. The molecule has 210 valence electrons. The van der Waals surface area contributed by atoms with E-state index in [9.17, 15) is 0 Å². The van der Waals surface area contributed by atoms with Crippen LogP contribution in [-0.4, -0.2) is 6.04 Å². The number of hydrogen-bond donors (Lipinski definition) is 0. The first-order valence-electron chi connectivity index (χ1n) is 15.7. The zero-order valence-electron chi connectivity index (χ0n) is 24.4. The van der Waals surface area contributed by atoms with E-state index >= 15 is 0 Å². The zero-order valence-corrected chi connectivity index (χ0v) is 24.4. The second-order valence-corrected chi connectivity index (χ2v) is 12.1. The van der Waals surface area contributed by atoms with Crippen molar-refractivity contribution < 1.29 is 0 Å². The van der Waals surface area contributed by atoms with Crippen LogP contribution in [-0.2, 0) is 0 Å². The molecule has 2 atom stereocenters. The molecule has 0 bridgehead atoms. The van der Waals surface area contributed by atoms with Crippen molar-refractivity contribution in [1.82, 2.24) is 0 Å². The van der Waals surface area contributed by atoms with Gasteiger partial charge in [0.2, 0.25) is 0 Å². The topological polar surface area (TPSA) is 6.48 Å². The lowest BCUT2D eigenvalue weighted by Crippen LogP contribution is -2.28. The molecule has 43 heavy (non-hydrogen) atoms. The predicted molar refractivity (Wildman–Crippen MR) is 181 cm³/mol. The van der Waals surface area contributed by atoms with E-state index in [1.165, 1.54) is 65.0 Å².